The second-order valence-electron chi connectivity index (χ2n) is 6.79. The van der Waals surface area contributed by atoms with E-state index in [-0.39, 0.29) is 23.4 Å². The number of halogens is 1. The molecule has 3 rings (SSSR count). The van der Waals surface area contributed by atoms with E-state index in [1.165, 1.54) is 12.1 Å². The minimum absolute atomic E-state index is 0.134. The highest BCUT2D eigenvalue weighted by molar-refractivity contribution is 5.90. The number of hydrogen-bond acceptors (Lipinski definition) is 7. The number of alkyl carbamates (subject to hydrolysis) is 1. The van der Waals surface area contributed by atoms with Gasteiger partial charge in [-0.05, 0) is 25.1 Å². The Morgan fingerprint density at radius 3 is 2.67 bits per heavy atom. The monoisotopic (exact) mass is 411 g/mol. The maximum atomic E-state index is 15.2. The summed E-state index contributed by atoms with van der Waals surface area (Å²) < 4.78 is 20.1. The van der Waals surface area contributed by atoms with Crippen LogP contribution in [0.25, 0.3) is 0 Å². The summed E-state index contributed by atoms with van der Waals surface area (Å²) in [7, 11) is 0. The highest BCUT2D eigenvalue weighted by atomic mass is 19.1. The van der Waals surface area contributed by atoms with Crippen LogP contribution in [-0.2, 0) is 11.3 Å². The predicted octanol–water partition coefficient (Wildman–Crippen LogP) is 1.85. The zero-order valence-electron chi connectivity index (χ0n) is 16.5. The summed E-state index contributed by atoms with van der Waals surface area (Å²) in [5, 5.41) is 18.4. The summed E-state index contributed by atoms with van der Waals surface area (Å²) >= 11 is 0. The van der Waals surface area contributed by atoms with Crippen molar-refractivity contribution in [2.24, 2.45) is 5.73 Å². The standard InChI is InChI=1S/C20H22FN7O2/c1-13-10-16(4-5-25-13)27-6-8-28(9-7-27)18-14(11-22)2-3-15(17(18)21)12-30-20(29)26-19(23)24/h2-5,10H,6-9,12H2,1H3,(H4,23,24,26,29). The van der Waals surface area contributed by atoms with Crippen molar-refractivity contribution in [1.82, 2.24) is 10.3 Å². The molecule has 0 bridgehead atoms. The molecule has 1 aromatic carbocycles. The summed E-state index contributed by atoms with van der Waals surface area (Å²) in [5.41, 5.74) is 7.60. The van der Waals surface area contributed by atoms with Crippen LogP contribution >= 0.6 is 0 Å². The first-order valence-corrected chi connectivity index (χ1v) is 9.31. The smallest absolute Gasteiger partial charge is 0.414 e. The van der Waals surface area contributed by atoms with Crippen LogP contribution in [-0.4, -0.2) is 43.2 Å². The average Bonchev–Trinajstić information content (AvgIpc) is 2.72. The molecule has 0 aliphatic carbocycles. The van der Waals surface area contributed by atoms with Gasteiger partial charge in [0.1, 0.15) is 12.7 Å². The third kappa shape index (κ3) is 4.75. The number of hydrogen-bond donors (Lipinski definition) is 3. The molecule has 0 unspecified atom stereocenters. The van der Waals surface area contributed by atoms with Crippen LogP contribution in [0.4, 0.5) is 20.6 Å². The van der Waals surface area contributed by atoms with Crippen LogP contribution in [0.5, 0.6) is 0 Å². The molecule has 0 spiro atoms. The number of nitrogens with one attached hydrogen (secondary N) is 2. The Morgan fingerprint density at radius 1 is 1.33 bits per heavy atom. The van der Waals surface area contributed by atoms with Gasteiger partial charge in [0.2, 0.25) is 0 Å². The largest absolute Gasteiger partial charge is 0.444 e. The van der Waals surface area contributed by atoms with Crippen LogP contribution < -0.4 is 20.9 Å². The number of nitriles is 1. The Balaban J connectivity index is 1.74. The molecule has 1 amide bonds. The van der Waals surface area contributed by atoms with Crippen molar-refractivity contribution in [2.45, 2.75) is 13.5 Å². The molecule has 4 N–H and O–H groups in total. The van der Waals surface area contributed by atoms with E-state index in [0.29, 0.717) is 26.2 Å². The quantitative estimate of drug-likeness (QED) is 0.517. The van der Waals surface area contributed by atoms with Gasteiger partial charge in [-0.3, -0.25) is 15.7 Å². The number of carbonyl (C=O) groups is 1. The van der Waals surface area contributed by atoms with E-state index in [1.54, 1.807) is 6.20 Å². The van der Waals surface area contributed by atoms with Crippen molar-refractivity contribution < 1.29 is 13.9 Å². The predicted molar refractivity (Wildman–Crippen MR) is 110 cm³/mol. The second-order valence-corrected chi connectivity index (χ2v) is 6.79. The number of piperazine rings is 1. The maximum Gasteiger partial charge on any atom is 0.414 e. The Bertz CT molecular complexity index is 997. The van der Waals surface area contributed by atoms with Crippen molar-refractivity contribution >= 4 is 23.4 Å². The Kier molecular flexibility index (Phi) is 6.32. The number of aryl methyl sites for hydroxylation is 1. The summed E-state index contributed by atoms with van der Waals surface area (Å²) in [4.78, 5) is 19.7. The van der Waals surface area contributed by atoms with E-state index >= 15 is 4.39 Å². The van der Waals surface area contributed by atoms with E-state index in [2.05, 4.69) is 9.88 Å². The molecule has 30 heavy (non-hydrogen) atoms. The van der Waals surface area contributed by atoms with Gasteiger partial charge in [-0.15, -0.1) is 0 Å². The van der Waals surface area contributed by atoms with Crippen molar-refractivity contribution in [1.29, 1.82) is 10.7 Å². The average molecular weight is 411 g/mol. The lowest BCUT2D eigenvalue weighted by molar-refractivity contribution is 0.143. The van der Waals surface area contributed by atoms with Crippen LogP contribution in [0.15, 0.2) is 30.5 Å². The minimum Gasteiger partial charge on any atom is -0.444 e. The van der Waals surface area contributed by atoms with Gasteiger partial charge in [-0.1, -0.05) is 6.07 Å². The molecule has 2 aromatic rings. The van der Waals surface area contributed by atoms with E-state index in [0.717, 1.165) is 11.4 Å². The number of anilines is 2. The molecule has 0 radical (unpaired) electrons. The van der Waals surface area contributed by atoms with Gasteiger partial charge in [0.05, 0.1) is 11.3 Å². The van der Waals surface area contributed by atoms with Crippen molar-refractivity contribution in [3.63, 3.8) is 0 Å². The van der Waals surface area contributed by atoms with Gasteiger partial charge >= 0.3 is 6.09 Å². The van der Waals surface area contributed by atoms with Crippen LogP contribution in [0.1, 0.15) is 16.8 Å². The minimum atomic E-state index is -0.950. The normalized spacial score (nSPS) is 13.5. The summed E-state index contributed by atoms with van der Waals surface area (Å²) in [6.07, 6.45) is 0.810. The molecule has 2 heterocycles. The lowest BCUT2D eigenvalue weighted by atomic mass is 10.1. The fraction of sp³-hybridized carbons (Fsp3) is 0.300. The van der Waals surface area contributed by atoms with Gasteiger partial charge < -0.3 is 20.3 Å². The zero-order valence-corrected chi connectivity index (χ0v) is 16.5. The van der Waals surface area contributed by atoms with Gasteiger partial charge in [0.15, 0.2) is 11.8 Å². The van der Waals surface area contributed by atoms with Gasteiger partial charge in [-0.2, -0.15) is 5.26 Å². The van der Waals surface area contributed by atoms with Crippen LogP contribution in [0.3, 0.4) is 0 Å². The third-order valence-corrected chi connectivity index (χ3v) is 4.75. The molecule has 1 aromatic heterocycles. The van der Waals surface area contributed by atoms with E-state index in [4.69, 9.17) is 15.9 Å². The Labute approximate surface area is 173 Å². The summed E-state index contributed by atoms with van der Waals surface area (Å²) in [6.45, 7) is 3.97. The first kappa shape index (κ1) is 20.9. The topological polar surface area (TPSA) is 131 Å². The summed E-state index contributed by atoms with van der Waals surface area (Å²) in [6, 6.07) is 8.90. The number of benzene rings is 1. The number of pyridine rings is 1. The van der Waals surface area contributed by atoms with E-state index < -0.39 is 17.9 Å². The molecule has 1 saturated heterocycles. The molecule has 156 valence electrons. The van der Waals surface area contributed by atoms with E-state index in [1.807, 2.05) is 35.3 Å². The van der Waals surface area contributed by atoms with Crippen molar-refractivity contribution in [2.75, 3.05) is 36.0 Å². The fourth-order valence-electron chi connectivity index (χ4n) is 3.32. The van der Waals surface area contributed by atoms with Crippen LogP contribution in [0.2, 0.25) is 0 Å². The lowest BCUT2D eigenvalue weighted by Crippen LogP contribution is -2.47. The number of nitrogens with zero attached hydrogens (tertiary/aromatic N) is 4. The summed E-state index contributed by atoms with van der Waals surface area (Å²) in [5.74, 6) is -1.17. The molecule has 9 nitrogen and oxygen atoms in total. The number of amides is 1. The van der Waals surface area contributed by atoms with E-state index in [9.17, 15) is 10.1 Å². The first-order valence-electron chi connectivity index (χ1n) is 9.31. The molecule has 0 atom stereocenters. The second kappa shape index (κ2) is 9.09. The molecular weight excluding hydrogens is 389 g/mol. The number of aromatic nitrogens is 1. The molecule has 1 aliphatic heterocycles. The lowest BCUT2D eigenvalue weighted by Gasteiger charge is -2.38. The van der Waals surface area contributed by atoms with Crippen LogP contribution in [0, 0.1) is 29.5 Å². The zero-order chi connectivity index (χ0) is 21.7. The molecule has 1 fully saturated rings. The molecular formula is C20H22FN7O2. The molecule has 10 heteroatoms. The number of nitrogens with two attached hydrogens (primary N) is 1. The Morgan fingerprint density at radius 2 is 2.03 bits per heavy atom. The Hall–Kier alpha value is -3.87. The SMILES string of the molecule is Cc1cc(N2CCN(c3c(C#N)ccc(COC(=O)NC(=N)N)c3F)CC2)ccn1. The number of guanidine groups is 1. The highest BCUT2D eigenvalue weighted by Gasteiger charge is 2.24. The van der Waals surface area contributed by atoms with Crippen molar-refractivity contribution in [3.05, 3.63) is 53.1 Å². The van der Waals surface area contributed by atoms with Gasteiger partial charge in [0.25, 0.3) is 0 Å². The molecule has 1 aliphatic rings. The van der Waals surface area contributed by atoms with Gasteiger partial charge in [-0.25, -0.2) is 9.18 Å². The third-order valence-electron chi connectivity index (χ3n) is 4.75. The fourth-order valence-corrected chi connectivity index (χ4v) is 3.32. The number of rotatable bonds is 4. The first-order chi connectivity index (χ1) is 14.4. The highest BCUT2D eigenvalue weighted by Crippen LogP contribution is 2.29. The molecule has 0 saturated carbocycles. The number of carbonyl (C=O) groups excluding carboxylic acids is 1. The maximum absolute atomic E-state index is 15.2. The van der Waals surface area contributed by atoms with Crippen molar-refractivity contribution in [3.8, 4) is 6.07 Å². The van der Waals surface area contributed by atoms with Gasteiger partial charge in [0, 0.05) is 49.3 Å². The number of ether oxygens (including phenoxy) is 1.